The Morgan fingerprint density at radius 1 is 1.52 bits per heavy atom. The van der Waals surface area contributed by atoms with Gasteiger partial charge in [0.2, 0.25) is 5.75 Å². The number of carbonyl (C=O) groups excluding carboxylic acids is 1. The Morgan fingerprint density at radius 3 is 2.67 bits per heavy atom. The van der Waals surface area contributed by atoms with Crippen molar-refractivity contribution in [1.82, 2.24) is 4.90 Å². The molecule has 116 valence electrons. The Kier molecular flexibility index (Phi) is 5.97. The Bertz CT molecular complexity index is 524. The number of aliphatic hydroxyl groups is 1. The summed E-state index contributed by atoms with van der Waals surface area (Å²) in [6, 6.07) is 3.64. The molecule has 1 amide bonds. The van der Waals surface area contributed by atoms with E-state index in [4.69, 9.17) is 9.84 Å². The van der Waals surface area contributed by atoms with Crippen molar-refractivity contribution in [2.45, 2.75) is 6.43 Å². The Balaban J connectivity index is 3.21. The average Bonchev–Trinajstić information content (AvgIpc) is 2.44. The number of amides is 1. The zero-order valence-corrected chi connectivity index (χ0v) is 11.2. The van der Waals surface area contributed by atoms with Crippen LogP contribution in [0.15, 0.2) is 18.2 Å². The highest BCUT2D eigenvalue weighted by Crippen LogP contribution is 2.31. The minimum Gasteiger partial charge on any atom is -0.490 e. The SMILES string of the molecule is COc1c(C(=O)N(CCO)CC(F)F)cccc1[N+](=O)[O-]. The van der Waals surface area contributed by atoms with Crippen LogP contribution in [0.3, 0.4) is 0 Å². The molecule has 1 rings (SSSR count). The quantitative estimate of drug-likeness (QED) is 0.605. The molecular formula is C12H14F2N2O5. The molecule has 21 heavy (non-hydrogen) atoms. The van der Waals surface area contributed by atoms with Gasteiger partial charge in [-0.1, -0.05) is 6.07 Å². The molecule has 0 radical (unpaired) electrons. The van der Waals surface area contributed by atoms with E-state index in [0.29, 0.717) is 4.90 Å². The molecule has 0 heterocycles. The van der Waals surface area contributed by atoms with Crippen molar-refractivity contribution in [2.24, 2.45) is 0 Å². The number of hydrogen-bond acceptors (Lipinski definition) is 5. The molecular weight excluding hydrogens is 290 g/mol. The van der Waals surface area contributed by atoms with Crippen molar-refractivity contribution in [1.29, 1.82) is 0 Å². The lowest BCUT2D eigenvalue weighted by Gasteiger charge is -2.22. The normalized spacial score (nSPS) is 10.5. The summed E-state index contributed by atoms with van der Waals surface area (Å²) >= 11 is 0. The van der Waals surface area contributed by atoms with Crippen LogP contribution >= 0.6 is 0 Å². The van der Waals surface area contributed by atoms with Crippen LogP contribution in [0.5, 0.6) is 5.75 Å². The molecule has 0 fully saturated rings. The first-order valence-electron chi connectivity index (χ1n) is 5.92. The van der Waals surface area contributed by atoms with Gasteiger partial charge in [0.1, 0.15) is 0 Å². The molecule has 0 aliphatic carbocycles. The van der Waals surface area contributed by atoms with E-state index in [2.05, 4.69) is 0 Å². The van der Waals surface area contributed by atoms with E-state index in [1.807, 2.05) is 0 Å². The van der Waals surface area contributed by atoms with Gasteiger partial charge in [0.25, 0.3) is 12.3 Å². The summed E-state index contributed by atoms with van der Waals surface area (Å²) in [5.74, 6) is -1.17. The standard InChI is InChI=1S/C12H14F2N2O5/c1-21-11-8(3-2-4-9(11)16(19)20)12(18)15(5-6-17)7-10(13)14/h2-4,10,17H,5-7H2,1H3. The highest BCUT2D eigenvalue weighted by atomic mass is 19.3. The topological polar surface area (TPSA) is 92.9 Å². The highest BCUT2D eigenvalue weighted by Gasteiger charge is 2.27. The number of hydrogen-bond donors (Lipinski definition) is 1. The number of carbonyl (C=O) groups is 1. The molecule has 0 bridgehead atoms. The maximum atomic E-state index is 12.5. The van der Waals surface area contributed by atoms with Crippen molar-refractivity contribution in [2.75, 3.05) is 26.8 Å². The summed E-state index contributed by atoms with van der Waals surface area (Å²) in [4.78, 5) is 23.1. The lowest BCUT2D eigenvalue weighted by molar-refractivity contribution is -0.385. The van der Waals surface area contributed by atoms with Gasteiger partial charge in [-0.2, -0.15) is 0 Å². The first kappa shape index (κ1) is 16.8. The smallest absolute Gasteiger partial charge is 0.311 e. The first-order chi connectivity index (χ1) is 9.92. The molecule has 0 aliphatic heterocycles. The molecule has 9 heteroatoms. The van der Waals surface area contributed by atoms with Gasteiger partial charge in [0.05, 0.1) is 30.7 Å². The van der Waals surface area contributed by atoms with Crippen LogP contribution in [-0.4, -0.2) is 54.1 Å². The third kappa shape index (κ3) is 4.09. The molecule has 0 unspecified atom stereocenters. The van der Waals surface area contributed by atoms with Crippen LogP contribution < -0.4 is 4.74 Å². The van der Waals surface area contributed by atoms with Crippen LogP contribution in [0.4, 0.5) is 14.5 Å². The molecule has 1 aromatic carbocycles. The van der Waals surface area contributed by atoms with Gasteiger partial charge in [0.15, 0.2) is 0 Å². The van der Waals surface area contributed by atoms with Gasteiger partial charge < -0.3 is 14.7 Å². The van der Waals surface area contributed by atoms with E-state index in [0.717, 1.165) is 13.2 Å². The van der Waals surface area contributed by atoms with Crippen LogP contribution in [0.2, 0.25) is 0 Å². The molecule has 1 aromatic rings. The predicted octanol–water partition coefficient (Wildman–Crippen LogP) is 1.30. The minimum absolute atomic E-state index is 0.208. The van der Waals surface area contributed by atoms with Crippen molar-refractivity contribution in [3.63, 3.8) is 0 Å². The van der Waals surface area contributed by atoms with E-state index >= 15 is 0 Å². The fraction of sp³-hybridized carbons (Fsp3) is 0.417. The summed E-state index contributed by atoms with van der Waals surface area (Å²) in [7, 11) is 1.14. The number of nitro groups is 1. The van der Waals surface area contributed by atoms with E-state index in [9.17, 15) is 23.7 Å². The number of alkyl halides is 2. The third-order valence-corrected chi connectivity index (χ3v) is 2.64. The van der Waals surface area contributed by atoms with Crippen LogP contribution in [-0.2, 0) is 0 Å². The van der Waals surface area contributed by atoms with Crippen molar-refractivity contribution < 1.29 is 28.3 Å². The maximum Gasteiger partial charge on any atom is 0.311 e. The second kappa shape index (κ2) is 7.48. The number of benzene rings is 1. The van der Waals surface area contributed by atoms with Crippen molar-refractivity contribution in [3.05, 3.63) is 33.9 Å². The zero-order chi connectivity index (χ0) is 16.0. The summed E-state index contributed by atoms with van der Waals surface area (Å²) in [5, 5.41) is 19.7. The summed E-state index contributed by atoms with van der Waals surface area (Å²) in [5.41, 5.74) is -0.648. The molecule has 0 atom stereocenters. The van der Waals surface area contributed by atoms with Crippen LogP contribution in [0.25, 0.3) is 0 Å². The van der Waals surface area contributed by atoms with E-state index in [-0.39, 0.29) is 17.9 Å². The van der Waals surface area contributed by atoms with Gasteiger partial charge in [-0.25, -0.2) is 8.78 Å². The number of aliphatic hydroxyl groups excluding tert-OH is 1. The summed E-state index contributed by atoms with van der Waals surface area (Å²) in [6.07, 6.45) is -2.79. The lowest BCUT2D eigenvalue weighted by Crippen LogP contribution is -2.37. The predicted molar refractivity (Wildman–Crippen MR) is 68.6 cm³/mol. The number of rotatable bonds is 7. The number of nitro benzene ring substituents is 1. The maximum absolute atomic E-state index is 12.5. The molecule has 1 N–H and O–H groups in total. The first-order valence-corrected chi connectivity index (χ1v) is 5.92. The second-order valence-corrected chi connectivity index (χ2v) is 3.98. The Morgan fingerprint density at radius 2 is 2.19 bits per heavy atom. The van der Waals surface area contributed by atoms with Gasteiger partial charge in [-0.15, -0.1) is 0 Å². The Labute approximate surface area is 118 Å². The monoisotopic (exact) mass is 304 g/mol. The highest BCUT2D eigenvalue weighted by molar-refractivity contribution is 5.98. The summed E-state index contributed by atoms with van der Waals surface area (Å²) < 4.78 is 29.8. The van der Waals surface area contributed by atoms with E-state index in [1.54, 1.807) is 0 Å². The fourth-order valence-electron chi connectivity index (χ4n) is 1.78. The average molecular weight is 304 g/mol. The number of nitrogens with zero attached hydrogens (tertiary/aromatic N) is 2. The van der Waals surface area contributed by atoms with Gasteiger partial charge >= 0.3 is 5.69 Å². The van der Waals surface area contributed by atoms with E-state index in [1.165, 1.54) is 12.1 Å². The summed E-state index contributed by atoms with van der Waals surface area (Å²) in [6.45, 7) is -1.70. The van der Waals surface area contributed by atoms with Crippen LogP contribution in [0, 0.1) is 10.1 Å². The fourth-order valence-corrected chi connectivity index (χ4v) is 1.78. The van der Waals surface area contributed by atoms with E-state index < -0.39 is 36.1 Å². The molecule has 0 saturated carbocycles. The van der Waals surface area contributed by atoms with Gasteiger partial charge in [-0.3, -0.25) is 14.9 Å². The Hall–Kier alpha value is -2.29. The zero-order valence-electron chi connectivity index (χ0n) is 11.2. The lowest BCUT2D eigenvalue weighted by atomic mass is 10.1. The molecule has 0 aliphatic rings. The number of para-hydroxylation sites is 1. The molecule has 7 nitrogen and oxygen atoms in total. The number of methoxy groups -OCH3 is 1. The molecule has 0 spiro atoms. The largest absolute Gasteiger partial charge is 0.490 e. The minimum atomic E-state index is -2.79. The van der Waals surface area contributed by atoms with Crippen molar-refractivity contribution in [3.8, 4) is 5.75 Å². The van der Waals surface area contributed by atoms with Gasteiger partial charge in [-0.05, 0) is 6.07 Å². The van der Waals surface area contributed by atoms with Crippen LogP contribution in [0.1, 0.15) is 10.4 Å². The molecule has 0 aromatic heterocycles. The molecule has 0 saturated heterocycles. The second-order valence-electron chi connectivity index (χ2n) is 3.98. The number of ether oxygens (including phenoxy) is 1. The van der Waals surface area contributed by atoms with Gasteiger partial charge in [0, 0.05) is 12.6 Å². The van der Waals surface area contributed by atoms with Crippen molar-refractivity contribution >= 4 is 11.6 Å². The third-order valence-electron chi connectivity index (χ3n) is 2.64. The number of halogens is 2.